The molecule has 3 saturated heterocycles. The van der Waals surface area contributed by atoms with Crippen molar-refractivity contribution in [2.45, 2.75) is 87.7 Å². The number of carbonyl (C=O) groups is 4. The normalized spacial score (nSPS) is 24.1. The van der Waals surface area contributed by atoms with E-state index in [1.165, 1.54) is 0 Å². The smallest absolute Gasteiger partial charge is 0.250 e. The topological polar surface area (TPSA) is 175 Å². The molecule has 14 nitrogen and oxygen atoms in total. The van der Waals surface area contributed by atoms with Crippen LogP contribution in [0.3, 0.4) is 0 Å². The van der Waals surface area contributed by atoms with Crippen molar-refractivity contribution in [2.75, 3.05) is 26.3 Å². The molecule has 2 aliphatic carbocycles. The number of imidazole rings is 2. The molecule has 0 spiro atoms. The fraction of sp³-hybridized carbons (Fsp3) is 0.455. The number of H-pyrrole nitrogens is 2. The number of benzene rings is 2. The number of carbonyl (C=O) groups excluding carboxylic acids is 4. The molecule has 58 heavy (non-hydrogen) atoms. The SMILES string of the molecule is O=C(N[C@H](C(=O)N1CCC[C@@H]1c1ncc(C#CC2COC(c3cnc([C@H]4CCCN4C(=O)[C@@H](NC(=O)C4CC4)c4ccccc4)[nH]3)CO2)[nH]1)c1ccccc1)C1CC1. The van der Waals surface area contributed by atoms with Gasteiger partial charge in [0.15, 0.2) is 0 Å². The van der Waals surface area contributed by atoms with Crippen molar-refractivity contribution < 1.29 is 28.7 Å². The minimum absolute atomic E-state index is 0.0117. The molecule has 14 heteroatoms. The number of amides is 4. The van der Waals surface area contributed by atoms with E-state index < -0.39 is 18.2 Å². The average molecular weight is 785 g/mol. The Morgan fingerprint density at radius 3 is 1.72 bits per heavy atom. The number of nitrogens with zero attached hydrogens (tertiary/aromatic N) is 4. The Labute approximate surface area is 336 Å². The van der Waals surface area contributed by atoms with Gasteiger partial charge >= 0.3 is 0 Å². The minimum Gasteiger partial charge on any atom is -0.366 e. The Balaban J connectivity index is 0.806. The molecular weight excluding hydrogens is 737 g/mol. The second kappa shape index (κ2) is 16.6. The summed E-state index contributed by atoms with van der Waals surface area (Å²) in [5.74, 6) is 7.18. The lowest BCUT2D eigenvalue weighted by Crippen LogP contribution is -2.43. The van der Waals surface area contributed by atoms with E-state index in [0.29, 0.717) is 30.4 Å². The summed E-state index contributed by atoms with van der Waals surface area (Å²) >= 11 is 0. The van der Waals surface area contributed by atoms with Crippen LogP contribution in [-0.2, 0) is 28.7 Å². The lowest BCUT2D eigenvalue weighted by molar-refractivity contribution is -0.138. The van der Waals surface area contributed by atoms with Crippen LogP contribution in [0, 0.1) is 23.7 Å². The molecule has 5 fully saturated rings. The fourth-order valence-electron chi connectivity index (χ4n) is 8.22. The molecule has 3 aliphatic heterocycles. The average Bonchev–Trinajstić information content (AvgIpc) is 4.03. The van der Waals surface area contributed by atoms with Crippen LogP contribution in [0.5, 0.6) is 0 Å². The third kappa shape index (κ3) is 8.28. The Kier molecular flexibility index (Phi) is 10.8. The molecule has 0 radical (unpaired) electrons. The molecule has 4 aromatic rings. The quantitative estimate of drug-likeness (QED) is 0.161. The van der Waals surface area contributed by atoms with E-state index in [-0.39, 0.29) is 66.9 Å². The van der Waals surface area contributed by atoms with E-state index in [1.54, 1.807) is 12.4 Å². The third-order valence-electron chi connectivity index (χ3n) is 11.8. The summed E-state index contributed by atoms with van der Waals surface area (Å²) in [5, 5.41) is 6.04. The third-order valence-corrected chi connectivity index (χ3v) is 11.8. The molecule has 300 valence electrons. The fourth-order valence-corrected chi connectivity index (χ4v) is 8.22. The van der Waals surface area contributed by atoms with Crippen LogP contribution < -0.4 is 10.6 Å². The van der Waals surface area contributed by atoms with E-state index in [9.17, 15) is 19.2 Å². The van der Waals surface area contributed by atoms with E-state index in [1.807, 2.05) is 70.5 Å². The number of hydrogen-bond donors (Lipinski definition) is 4. The summed E-state index contributed by atoms with van der Waals surface area (Å²) in [5.41, 5.74) is 2.90. The molecule has 4 N–H and O–H groups in total. The van der Waals surface area contributed by atoms with Crippen LogP contribution in [0.4, 0.5) is 0 Å². The molecule has 2 unspecified atom stereocenters. The maximum Gasteiger partial charge on any atom is 0.250 e. The van der Waals surface area contributed by atoms with Crippen LogP contribution >= 0.6 is 0 Å². The highest BCUT2D eigenvalue weighted by atomic mass is 16.6. The molecule has 0 bridgehead atoms. The van der Waals surface area contributed by atoms with E-state index in [0.717, 1.165) is 68.2 Å². The number of nitrogens with one attached hydrogen (secondary N) is 4. The zero-order chi connectivity index (χ0) is 39.6. The lowest BCUT2D eigenvalue weighted by atomic mass is 10.0. The van der Waals surface area contributed by atoms with Gasteiger partial charge in [-0.1, -0.05) is 66.6 Å². The predicted octanol–water partition coefficient (Wildman–Crippen LogP) is 4.50. The first kappa shape index (κ1) is 37.8. The van der Waals surface area contributed by atoms with Gasteiger partial charge < -0.3 is 39.9 Å². The van der Waals surface area contributed by atoms with Gasteiger partial charge in [-0.3, -0.25) is 19.2 Å². The first-order chi connectivity index (χ1) is 28.4. The van der Waals surface area contributed by atoms with Crippen molar-refractivity contribution in [2.24, 2.45) is 11.8 Å². The monoisotopic (exact) mass is 784 g/mol. The zero-order valence-corrected chi connectivity index (χ0v) is 32.3. The molecule has 9 rings (SSSR count). The van der Waals surface area contributed by atoms with Crippen LogP contribution in [0.1, 0.15) is 116 Å². The molecule has 5 heterocycles. The van der Waals surface area contributed by atoms with Crippen molar-refractivity contribution in [3.05, 3.63) is 107 Å². The van der Waals surface area contributed by atoms with Gasteiger partial charge in [0, 0.05) is 24.9 Å². The highest BCUT2D eigenvalue weighted by Crippen LogP contribution is 2.37. The van der Waals surface area contributed by atoms with Gasteiger partial charge in [0.2, 0.25) is 23.6 Å². The summed E-state index contributed by atoms with van der Waals surface area (Å²) in [7, 11) is 0. The second-order valence-electron chi connectivity index (χ2n) is 16.0. The number of hydrogen-bond acceptors (Lipinski definition) is 8. The maximum absolute atomic E-state index is 14.0. The molecule has 2 aromatic carbocycles. The van der Waals surface area contributed by atoms with Gasteiger partial charge in [-0.05, 0) is 68.4 Å². The predicted molar refractivity (Wildman–Crippen MR) is 210 cm³/mol. The standard InChI is InChI=1S/C44H48N8O6/c53-41(29-15-16-29)49-37(27-9-3-1-4-10-27)43(55)51-21-7-13-34(51)39-45-23-31(47-39)19-20-32-25-58-36(26-57-32)33-24-46-40(48-33)35-14-8-22-52(35)44(56)38(28-11-5-2-6-12-28)50-42(54)30-17-18-30/h1-6,9-12,23-24,29-30,32,34-38H,7-8,13-18,21-22,25-26H2,(H,45,47)(H,46,48)(H,49,53)(H,50,54)/t32?,34-,35-,36?,37+,38+/m1/s1. The van der Waals surface area contributed by atoms with Crippen molar-refractivity contribution in [3.8, 4) is 11.8 Å². The van der Waals surface area contributed by atoms with Crippen LogP contribution in [-0.4, -0.2) is 85.8 Å². The molecule has 2 saturated carbocycles. The number of likely N-dealkylation sites (tertiary alicyclic amines) is 2. The first-order valence-corrected chi connectivity index (χ1v) is 20.6. The van der Waals surface area contributed by atoms with Gasteiger partial charge in [0.1, 0.15) is 41.6 Å². The van der Waals surface area contributed by atoms with Crippen LogP contribution in [0.15, 0.2) is 73.1 Å². The van der Waals surface area contributed by atoms with Crippen molar-refractivity contribution >= 4 is 23.6 Å². The number of aromatic nitrogens is 4. The van der Waals surface area contributed by atoms with E-state index in [4.69, 9.17) is 9.47 Å². The van der Waals surface area contributed by atoms with Gasteiger partial charge in [0.25, 0.3) is 0 Å². The summed E-state index contributed by atoms with van der Waals surface area (Å²) in [6.07, 6.45) is 9.19. The number of aromatic amines is 2. The molecule has 5 aliphatic rings. The van der Waals surface area contributed by atoms with E-state index >= 15 is 0 Å². The summed E-state index contributed by atoms with van der Waals surface area (Å²) in [6, 6.07) is 16.8. The molecule has 2 aromatic heterocycles. The Hall–Kier alpha value is -5.78. The van der Waals surface area contributed by atoms with Crippen molar-refractivity contribution in [1.82, 2.24) is 40.4 Å². The zero-order valence-electron chi connectivity index (χ0n) is 32.3. The summed E-state index contributed by atoms with van der Waals surface area (Å²) in [4.78, 5) is 73.2. The summed E-state index contributed by atoms with van der Waals surface area (Å²) < 4.78 is 12.3. The van der Waals surface area contributed by atoms with Gasteiger partial charge in [0.05, 0.1) is 43.4 Å². The Morgan fingerprint density at radius 2 is 1.21 bits per heavy atom. The molecular formula is C44H48N8O6. The minimum atomic E-state index is -0.754. The van der Waals surface area contributed by atoms with Gasteiger partial charge in [-0.15, -0.1) is 0 Å². The van der Waals surface area contributed by atoms with Crippen LogP contribution in [0.25, 0.3) is 0 Å². The highest BCUT2D eigenvalue weighted by Gasteiger charge is 2.41. The molecule has 4 amide bonds. The largest absolute Gasteiger partial charge is 0.366 e. The van der Waals surface area contributed by atoms with Crippen molar-refractivity contribution in [3.63, 3.8) is 0 Å². The highest BCUT2D eigenvalue weighted by molar-refractivity contribution is 5.91. The summed E-state index contributed by atoms with van der Waals surface area (Å²) in [6.45, 7) is 1.67. The van der Waals surface area contributed by atoms with Gasteiger partial charge in [-0.2, -0.15) is 0 Å². The second-order valence-corrected chi connectivity index (χ2v) is 16.0. The van der Waals surface area contributed by atoms with Crippen molar-refractivity contribution in [1.29, 1.82) is 0 Å². The lowest BCUT2D eigenvalue weighted by Gasteiger charge is -2.29. The number of ether oxygens (including phenoxy) is 2. The number of rotatable bonds is 11. The maximum atomic E-state index is 14.0. The Bertz CT molecular complexity index is 2180. The first-order valence-electron chi connectivity index (χ1n) is 20.6. The molecule has 6 atom stereocenters. The Morgan fingerprint density at radius 1 is 0.672 bits per heavy atom. The van der Waals surface area contributed by atoms with Gasteiger partial charge in [-0.25, -0.2) is 9.97 Å². The van der Waals surface area contributed by atoms with Crippen LogP contribution in [0.2, 0.25) is 0 Å². The van der Waals surface area contributed by atoms with E-state index in [2.05, 4.69) is 42.4 Å².